The molecule has 1 aromatic heterocycles. The molecular weight excluding hydrogens is 340 g/mol. The van der Waals surface area contributed by atoms with Crippen LogP contribution in [0.1, 0.15) is 0 Å². The van der Waals surface area contributed by atoms with Gasteiger partial charge in [0.1, 0.15) is 0 Å². The second kappa shape index (κ2) is 6.94. The van der Waals surface area contributed by atoms with Crippen LogP contribution in [0.2, 0.25) is 0 Å². The standard InChI is InChI=1S/C17H16N4O3S/c1-21-16(24)12-6-10-4-2-3-5-11(10)7-13(12)20-17(21)25-9-15(23)19-8-14(18)22/h2-7H,8-9H2,1H3,(H2,18,22)(H,19,23). The summed E-state index contributed by atoms with van der Waals surface area (Å²) >= 11 is 1.13. The molecule has 8 heteroatoms. The molecule has 128 valence electrons. The minimum Gasteiger partial charge on any atom is -0.368 e. The minimum atomic E-state index is -0.610. The number of primary amides is 1. The van der Waals surface area contributed by atoms with Gasteiger partial charge < -0.3 is 11.1 Å². The normalized spacial score (nSPS) is 10.9. The van der Waals surface area contributed by atoms with Crippen LogP contribution >= 0.6 is 11.8 Å². The molecule has 0 atom stereocenters. The van der Waals surface area contributed by atoms with Gasteiger partial charge in [-0.25, -0.2) is 4.98 Å². The molecule has 1 heterocycles. The molecule has 0 fully saturated rings. The summed E-state index contributed by atoms with van der Waals surface area (Å²) in [6.45, 7) is -0.213. The van der Waals surface area contributed by atoms with Crippen LogP contribution < -0.4 is 16.6 Å². The van der Waals surface area contributed by atoms with Gasteiger partial charge >= 0.3 is 0 Å². The number of hydrogen-bond donors (Lipinski definition) is 2. The summed E-state index contributed by atoms with van der Waals surface area (Å²) < 4.78 is 1.42. The lowest BCUT2D eigenvalue weighted by atomic mass is 10.1. The number of rotatable bonds is 5. The summed E-state index contributed by atoms with van der Waals surface area (Å²) in [4.78, 5) is 39.5. The Balaban J connectivity index is 1.92. The number of aromatic nitrogens is 2. The van der Waals surface area contributed by atoms with Gasteiger partial charge in [-0.2, -0.15) is 0 Å². The highest BCUT2D eigenvalue weighted by molar-refractivity contribution is 7.99. The van der Waals surface area contributed by atoms with Crippen LogP contribution in [0, 0.1) is 0 Å². The van der Waals surface area contributed by atoms with E-state index in [0.717, 1.165) is 22.5 Å². The Bertz CT molecular complexity index is 1050. The van der Waals surface area contributed by atoms with Gasteiger partial charge in [-0.05, 0) is 22.9 Å². The van der Waals surface area contributed by atoms with Gasteiger partial charge in [0.05, 0.1) is 23.2 Å². The van der Waals surface area contributed by atoms with Crippen LogP contribution in [-0.2, 0) is 16.6 Å². The third kappa shape index (κ3) is 3.63. The SMILES string of the molecule is Cn1c(SCC(=O)NCC(N)=O)nc2cc3ccccc3cc2c1=O. The molecule has 3 N–H and O–H groups in total. The highest BCUT2D eigenvalue weighted by Gasteiger charge is 2.12. The van der Waals surface area contributed by atoms with E-state index in [0.29, 0.717) is 16.1 Å². The molecule has 3 rings (SSSR count). The fourth-order valence-electron chi connectivity index (χ4n) is 2.43. The van der Waals surface area contributed by atoms with Crippen LogP contribution in [0.3, 0.4) is 0 Å². The summed E-state index contributed by atoms with van der Waals surface area (Å²) in [5.74, 6) is -0.926. The predicted octanol–water partition coefficient (Wildman–Crippen LogP) is 0.780. The van der Waals surface area contributed by atoms with E-state index in [9.17, 15) is 14.4 Å². The number of fused-ring (bicyclic) bond motifs is 2. The van der Waals surface area contributed by atoms with E-state index in [2.05, 4.69) is 10.3 Å². The van der Waals surface area contributed by atoms with E-state index in [4.69, 9.17) is 5.73 Å². The number of nitrogens with one attached hydrogen (secondary N) is 1. The Morgan fingerprint density at radius 1 is 1.24 bits per heavy atom. The molecule has 0 bridgehead atoms. The first kappa shape index (κ1) is 17.0. The predicted molar refractivity (Wildman–Crippen MR) is 97.4 cm³/mol. The third-order valence-electron chi connectivity index (χ3n) is 3.69. The van der Waals surface area contributed by atoms with E-state index in [-0.39, 0.29) is 23.8 Å². The van der Waals surface area contributed by atoms with Crippen molar-refractivity contribution in [3.63, 3.8) is 0 Å². The number of nitrogens with zero attached hydrogens (tertiary/aromatic N) is 2. The topological polar surface area (TPSA) is 107 Å². The van der Waals surface area contributed by atoms with Crippen LogP contribution in [0.4, 0.5) is 0 Å². The van der Waals surface area contributed by atoms with Crippen LogP contribution in [0.25, 0.3) is 21.7 Å². The number of amides is 2. The first-order chi connectivity index (χ1) is 12.0. The molecule has 7 nitrogen and oxygen atoms in total. The Kier molecular flexibility index (Phi) is 4.71. The fraction of sp³-hybridized carbons (Fsp3) is 0.176. The molecule has 2 amide bonds. The average Bonchev–Trinajstić information content (AvgIpc) is 2.60. The maximum absolute atomic E-state index is 12.6. The maximum atomic E-state index is 12.6. The van der Waals surface area contributed by atoms with Crippen LogP contribution in [0.5, 0.6) is 0 Å². The van der Waals surface area contributed by atoms with E-state index in [1.54, 1.807) is 7.05 Å². The van der Waals surface area contributed by atoms with Crippen molar-refractivity contribution in [3.05, 3.63) is 46.8 Å². The molecule has 0 unspecified atom stereocenters. The average molecular weight is 356 g/mol. The monoisotopic (exact) mass is 356 g/mol. The molecule has 3 aromatic rings. The number of carbonyl (C=O) groups is 2. The Morgan fingerprint density at radius 3 is 2.60 bits per heavy atom. The van der Waals surface area contributed by atoms with Gasteiger partial charge in [0.2, 0.25) is 11.8 Å². The molecule has 0 saturated carbocycles. The molecule has 2 aromatic carbocycles. The summed E-state index contributed by atoms with van der Waals surface area (Å²) in [5.41, 5.74) is 5.40. The van der Waals surface area contributed by atoms with E-state index >= 15 is 0 Å². The third-order valence-corrected chi connectivity index (χ3v) is 4.72. The van der Waals surface area contributed by atoms with Crippen molar-refractivity contribution in [1.82, 2.24) is 14.9 Å². The number of nitrogens with two attached hydrogens (primary N) is 1. The van der Waals surface area contributed by atoms with Gasteiger partial charge in [-0.15, -0.1) is 0 Å². The van der Waals surface area contributed by atoms with Gasteiger partial charge in [-0.3, -0.25) is 19.0 Å². The molecule has 0 spiro atoms. The zero-order valence-corrected chi connectivity index (χ0v) is 14.3. The van der Waals surface area contributed by atoms with Crippen molar-refractivity contribution in [2.45, 2.75) is 5.16 Å². The Morgan fingerprint density at radius 2 is 1.92 bits per heavy atom. The quantitative estimate of drug-likeness (QED) is 0.399. The molecule has 0 radical (unpaired) electrons. The number of hydrogen-bond acceptors (Lipinski definition) is 5. The van der Waals surface area contributed by atoms with E-state index in [1.165, 1.54) is 4.57 Å². The van der Waals surface area contributed by atoms with Crippen LogP contribution in [-0.4, -0.2) is 33.7 Å². The second-order valence-corrected chi connectivity index (χ2v) is 6.45. The maximum Gasteiger partial charge on any atom is 0.261 e. The largest absolute Gasteiger partial charge is 0.368 e. The first-order valence-electron chi connectivity index (χ1n) is 7.53. The lowest BCUT2D eigenvalue weighted by molar-refractivity contribution is -0.123. The van der Waals surface area contributed by atoms with Crippen molar-refractivity contribution in [2.75, 3.05) is 12.3 Å². The summed E-state index contributed by atoms with van der Waals surface area (Å²) in [5, 5.41) is 5.33. The number of thioether (sulfide) groups is 1. The molecule has 0 saturated heterocycles. The smallest absolute Gasteiger partial charge is 0.261 e. The van der Waals surface area contributed by atoms with Crippen molar-refractivity contribution < 1.29 is 9.59 Å². The zero-order valence-electron chi connectivity index (χ0n) is 13.5. The van der Waals surface area contributed by atoms with Gasteiger partial charge in [0.25, 0.3) is 5.56 Å². The lowest BCUT2D eigenvalue weighted by Gasteiger charge is -2.09. The van der Waals surface area contributed by atoms with E-state index < -0.39 is 5.91 Å². The van der Waals surface area contributed by atoms with Crippen molar-refractivity contribution in [3.8, 4) is 0 Å². The molecule has 0 aliphatic carbocycles. The number of benzene rings is 2. The van der Waals surface area contributed by atoms with Gasteiger partial charge in [0, 0.05) is 7.05 Å². The summed E-state index contributed by atoms with van der Waals surface area (Å²) in [6, 6.07) is 11.4. The Hall–Kier alpha value is -2.87. The first-order valence-corrected chi connectivity index (χ1v) is 8.51. The molecular formula is C17H16N4O3S. The fourth-order valence-corrected chi connectivity index (χ4v) is 3.24. The van der Waals surface area contributed by atoms with Gasteiger partial charge in [0.15, 0.2) is 5.16 Å². The lowest BCUT2D eigenvalue weighted by Crippen LogP contribution is -2.34. The van der Waals surface area contributed by atoms with Gasteiger partial charge in [-0.1, -0.05) is 36.0 Å². The molecule has 25 heavy (non-hydrogen) atoms. The number of carbonyl (C=O) groups excluding carboxylic acids is 2. The van der Waals surface area contributed by atoms with Crippen molar-refractivity contribution in [2.24, 2.45) is 12.8 Å². The minimum absolute atomic E-state index is 0.0344. The van der Waals surface area contributed by atoms with Crippen molar-refractivity contribution in [1.29, 1.82) is 0 Å². The summed E-state index contributed by atoms with van der Waals surface area (Å²) in [6.07, 6.45) is 0. The Labute approximate surface area is 147 Å². The second-order valence-electron chi connectivity index (χ2n) is 5.51. The highest BCUT2D eigenvalue weighted by Crippen LogP contribution is 2.22. The molecule has 0 aliphatic heterocycles. The van der Waals surface area contributed by atoms with Crippen LogP contribution in [0.15, 0.2) is 46.3 Å². The van der Waals surface area contributed by atoms with E-state index in [1.807, 2.05) is 36.4 Å². The summed E-state index contributed by atoms with van der Waals surface area (Å²) in [7, 11) is 1.62. The molecule has 0 aliphatic rings. The van der Waals surface area contributed by atoms with Crippen molar-refractivity contribution >= 4 is 45.3 Å². The highest BCUT2D eigenvalue weighted by atomic mass is 32.2. The zero-order chi connectivity index (χ0) is 18.0.